The zero-order chi connectivity index (χ0) is 30.3. The Morgan fingerprint density at radius 3 is 1.05 bits per heavy atom. The van der Waals surface area contributed by atoms with E-state index in [1.807, 2.05) is 102 Å². The lowest BCUT2D eigenvalue weighted by molar-refractivity contribution is -0.141. The van der Waals surface area contributed by atoms with Crippen LogP contribution in [0.3, 0.4) is 0 Å². The topological polar surface area (TPSA) is 35.6 Å². The molecular formula is C35H36ClF4N3O. The standard InChI is InChI=1S/C16H15F2N.C16H15NO.C3H5F2N.ClH/c17-16(18)11-19(12-16)15(13-7-3-1-4-8-13)14-9-5-2-6-10-14;18-15-11-17(12-15)16(13-7-3-1-4-8-13)14-9-5-2-6-10-14;4-3(5)1-6-2-3;/h1-10,15H,11-12H2;1-10,16H,11-12H2;6H,1-2H2;1H. The van der Waals surface area contributed by atoms with Gasteiger partial charge in [-0.05, 0) is 22.3 Å². The largest absolute Gasteiger partial charge is 0.305 e. The third-order valence-electron chi connectivity index (χ3n) is 7.59. The van der Waals surface area contributed by atoms with Crippen LogP contribution in [0.2, 0.25) is 0 Å². The van der Waals surface area contributed by atoms with Gasteiger partial charge in [-0.1, -0.05) is 121 Å². The monoisotopic (exact) mass is 625 g/mol. The Balaban J connectivity index is 0.000000166. The highest BCUT2D eigenvalue weighted by molar-refractivity contribution is 5.88. The smallest absolute Gasteiger partial charge is 0.273 e. The van der Waals surface area contributed by atoms with E-state index >= 15 is 0 Å². The van der Waals surface area contributed by atoms with Crippen LogP contribution in [-0.2, 0) is 4.79 Å². The fourth-order valence-electron chi connectivity index (χ4n) is 5.40. The van der Waals surface area contributed by atoms with Crippen LogP contribution in [-0.4, -0.2) is 66.7 Å². The lowest BCUT2D eigenvalue weighted by atomic mass is 9.93. The summed E-state index contributed by atoms with van der Waals surface area (Å²) in [7, 11) is 0. The van der Waals surface area contributed by atoms with E-state index in [2.05, 4.69) is 34.5 Å². The molecule has 3 heterocycles. The molecule has 4 aromatic rings. The second-order valence-corrected chi connectivity index (χ2v) is 11.1. The molecule has 7 rings (SSSR count). The zero-order valence-electron chi connectivity index (χ0n) is 24.2. The normalized spacial score (nSPS) is 18.3. The van der Waals surface area contributed by atoms with E-state index in [1.54, 1.807) is 0 Å². The number of likely N-dealkylation sites (tertiary alicyclic amines) is 2. The van der Waals surface area contributed by atoms with Crippen molar-refractivity contribution in [2.45, 2.75) is 23.9 Å². The Morgan fingerprint density at radius 1 is 0.523 bits per heavy atom. The molecule has 3 aliphatic heterocycles. The second-order valence-electron chi connectivity index (χ2n) is 11.1. The first-order valence-electron chi connectivity index (χ1n) is 14.4. The molecule has 0 amide bonds. The highest BCUT2D eigenvalue weighted by Crippen LogP contribution is 2.38. The summed E-state index contributed by atoms with van der Waals surface area (Å²) in [5, 5.41) is 2.45. The molecule has 232 valence electrons. The Labute approximate surface area is 262 Å². The van der Waals surface area contributed by atoms with Gasteiger partial charge in [0.1, 0.15) is 0 Å². The lowest BCUT2D eigenvalue weighted by Gasteiger charge is -2.44. The SMILES string of the molecule is Cl.FC1(F)CN(C(c2ccccc2)c2ccccc2)C1.FC1(F)CNC1.O=C1CN(C(c2ccccc2)c2ccccc2)C1. The fraction of sp³-hybridized carbons (Fsp3) is 0.286. The Kier molecular flexibility index (Phi) is 11.3. The molecule has 0 radical (unpaired) electrons. The summed E-state index contributed by atoms with van der Waals surface area (Å²) in [5.41, 5.74) is 4.61. The quantitative estimate of drug-likeness (QED) is 0.233. The van der Waals surface area contributed by atoms with Gasteiger partial charge in [0.25, 0.3) is 11.8 Å². The van der Waals surface area contributed by atoms with Crippen molar-refractivity contribution in [1.82, 2.24) is 15.1 Å². The van der Waals surface area contributed by atoms with Crippen molar-refractivity contribution in [2.24, 2.45) is 0 Å². The summed E-state index contributed by atoms with van der Waals surface area (Å²) >= 11 is 0. The maximum absolute atomic E-state index is 13.1. The van der Waals surface area contributed by atoms with E-state index in [1.165, 1.54) is 11.1 Å². The predicted molar refractivity (Wildman–Crippen MR) is 168 cm³/mol. The highest BCUT2D eigenvalue weighted by atomic mass is 35.5. The molecule has 0 atom stereocenters. The average molecular weight is 626 g/mol. The van der Waals surface area contributed by atoms with Crippen LogP contribution in [0.5, 0.6) is 0 Å². The number of carbonyl (C=O) groups is 1. The molecule has 0 aromatic heterocycles. The molecule has 0 bridgehead atoms. The van der Waals surface area contributed by atoms with E-state index < -0.39 is 11.8 Å². The summed E-state index contributed by atoms with van der Waals surface area (Å²) in [4.78, 5) is 15.3. The molecule has 44 heavy (non-hydrogen) atoms. The van der Waals surface area contributed by atoms with E-state index in [0.717, 1.165) is 11.1 Å². The van der Waals surface area contributed by atoms with Crippen molar-refractivity contribution in [3.8, 4) is 0 Å². The molecule has 4 nitrogen and oxygen atoms in total. The van der Waals surface area contributed by atoms with Crippen molar-refractivity contribution in [2.75, 3.05) is 39.3 Å². The molecule has 0 unspecified atom stereocenters. The number of nitrogens with zero attached hydrogens (tertiary/aromatic N) is 2. The number of benzene rings is 4. The Bertz CT molecular complexity index is 1350. The predicted octanol–water partition coefficient (Wildman–Crippen LogP) is 7.03. The molecule has 0 aliphatic carbocycles. The molecule has 0 spiro atoms. The van der Waals surface area contributed by atoms with Gasteiger partial charge >= 0.3 is 0 Å². The van der Waals surface area contributed by atoms with Crippen molar-refractivity contribution < 1.29 is 22.4 Å². The molecule has 3 fully saturated rings. The van der Waals surface area contributed by atoms with Crippen molar-refractivity contribution in [3.63, 3.8) is 0 Å². The minimum Gasteiger partial charge on any atom is -0.305 e. The molecule has 0 saturated carbocycles. The van der Waals surface area contributed by atoms with Crippen LogP contribution >= 0.6 is 12.4 Å². The van der Waals surface area contributed by atoms with Gasteiger partial charge in [0.2, 0.25) is 0 Å². The first kappa shape index (κ1) is 33.3. The fourth-order valence-corrected chi connectivity index (χ4v) is 5.40. The maximum atomic E-state index is 13.1. The van der Waals surface area contributed by atoms with Gasteiger partial charge in [0, 0.05) is 0 Å². The number of halogens is 5. The van der Waals surface area contributed by atoms with Crippen LogP contribution in [0.1, 0.15) is 34.3 Å². The molecule has 9 heteroatoms. The molecule has 3 saturated heterocycles. The van der Waals surface area contributed by atoms with Crippen LogP contribution < -0.4 is 5.32 Å². The van der Waals surface area contributed by atoms with E-state index in [-0.39, 0.29) is 50.7 Å². The molecular weight excluding hydrogens is 590 g/mol. The molecule has 1 N–H and O–H groups in total. The highest BCUT2D eigenvalue weighted by Gasteiger charge is 2.47. The summed E-state index contributed by atoms with van der Waals surface area (Å²) < 4.78 is 49.2. The minimum atomic E-state index is -2.54. The average Bonchev–Trinajstić information content (AvgIpc) is 2.98. The number of ketones is 1. The number of alkyl halides is 4. The van der Waals surface area contributed by atoms with Crippen LogP contribution in [0.15, 0.2) is 121 Å². The summed E-state index contributed by atoms with van der Waals surface area (Å²) in [6.07, 6.45) is 0. The Morgan fingerprint density at radius 2 is 0.818 bits per heavy atom. The van der Waals surface area contributed by atoms with Crippen LogP contribution in [0.25, 0.3) is 0 Å². The van der Waals surface area contributed by atoms with Gasteiger partial charge in [-0.2, -0.15) is 0 Å². The van der Waals surface area contributed by atoms with E-state index in [9.17, 15) is 22.4 Å². The molecule has 4 aromatic carbocycles. The van der Waals surface area contributed by atoms with Gasteiger partial charge in [0.15, 0.2) is 5.78 Å². The minimum absolute atomic E-state index is 0. The maximum Gasteiger partial charge on any atom is 0.273 e. The number of Topliss-reactive ketones (excluding diaryl/α,β-unsaturated/α-hetero) is 1. The summed E-state index contributed by atoms with van der Waals surface area (Å²) in [6, 6.07) is 40.5. The second kappa shape index (κ2) is 14.9. The first-order valence-corrected chi connectivity index (χ1v) is 14.4. The van der Waals surface area contributed by atoms with E-state index in [0.29, 0.717) is 18.9 Å². The molecule has 3 aliphatic rings. The first-order chi connectivity index (χ1) is 20.7. The van der Waals surface area contributed by atoms with Gasteiger partial charge < -0.3 is 5.32 Å². The Hall–Kier alpha value is -3.56. The lowest BCUT2D eigenvalue weighted by Crippen LogP contribution is -2.57. The number of rotatable bonds is 6. The summed E-state index contributed by atoms with van der Waals surface area (Å²) in [6.45, 7) is 0.534. The van der Waals surface area contributed by atoms with Gasteiger partial charge in [0.05, 0.1) is 51.4 Å². The number of carbonyl (C=O) groups excluding carboxylic acids is 1. The van der Waals surface area contributed by atoms with Gasteiger partial charge in [-0.15, -0.1) is 12.4 Å². The van der Waals surface area contributed by atoms with E-state index in [4.69, 9.17) is 0 Å². The number of nitrogens with one attached hydrogen (secondary N) is 1. The van der Waals surface area contributed by atoms with Crippen molar-refractivity contribution >= 4 is 18.2 Å². The third-order valence-corrected chi connectivity index (χ3v) is 7.59. The van der Waals surface area contributed by atoms with Gasteiger partial charge in [-0.3, -0.25) is 14.6 Å². The van der Waals surface area contributed by atoms with Crippen molar-refractivity contribution in [3.05, 3.63) is 144 Å². The number of hydrogen-bond acceptors (Lipinski definition) is 4. The number of hydrogen-bond donors (Lipinski definition) is 1. The summed E-state index contributed by atoms with van der Waals surface area (Å²) in [5.74, 6) is -4.60. The third kappa shape index (κ3) is 8.76. The van der Waals surface area contributed by atoms with Crippen molar-refractivity contribution in [1.29, 1.82) is 0 Å². The van der Waals surface area contributed by atoms with Gasteiger partial charge in [-0.25, -0.2) is 17.6 Å². The van der Waals surface area contributed by atoms with Crippen LogP contribution in [0.4, 0.5) is 17.6 Å². The van der Waals surface area contributed by atoms with Crippen LogP contribution in [0, 0.1) is 0 Å². The zero-order valence-corrected chi connectivity index (χ0v) is 25.0.